The zero-order valence-electron chi connectivity index (χ0n) is 10.0. The van der Waals surface area contributed by atoms with Gasteiger partial charge in [-0.2, -0.15) is 0 Å². The number of halogens is 4. The highest BCUT2D eigenvalue weighted by Crippen LogP contribution is 2.28. The van der Waals surface area contributed by atoms with Gasteiger partial charge in [0.15, 0.2) is 0 Å². The van der Waals surface area contributed by atoms with Crippen molar-refractivity contribution in [1.82, 2.24) is 0 Å². The summed E-state index contributed by atoms with van der Waals surface area (Å²) in [6, 6.07) is 11.3. The summed E-state index contributed by atoms with van der Waals surface area (Å²) in [6.07, 6.45) is 0.646. The van der Waals surface area contributed by atoms with Crippen LogP contribution in [0.2, 0.25) is 0 Å². The van der Waals surface area contributed by atoms with E-state index in [4.69, 9.17) is 0 Å². The molecular weight excluding hydrogens is 378 g/mol. The summed E-state index contributed by atoms with van der Waals surface area (Å²) in [6.45, 7) is 0. The lowest BCUT2D eigenvalue weighted by Gasteiger charge is -2.16. The van der Waals surface area contributed by atoms with Gasteiger partial charge in [-0.15, -0.1) is 0 Å². The van der Waals surface area contributed by atoms with Crippen molar-refractivity contribution in [2.45, 2.75) is 12.3 Å². The molecule has 2 rings (SSSR count). The van der Waals surface area contributed by atoms with Crippen LogP contribution in [-0.2, 0) is 6.42 Å². The molecule has 0 saturated heterocycles. The Kier molecular flexibility index (Phi) is 5.11. The van der Waals surface area contributed by atoms with E-state index >= 15 is 0 Å². The van der Waals surface area contributed by atoms with Gasteiger partial charge in [-0.3, -0.25) is 0 Å². The third-order valence-electron chi connectivity index (χ3n) is 3.01. The fourth-order valence-electron chi connectivity index (χ4n) is 2.01. The molecule has 0 spiro atoms. The van der Waals surface area contributed by atoms with Gasteiger partial charge in [0.25, 0.3) is 0 Å². The second kappa shape index (κ2) is 6.62. The maximum absolute atomic E-state index is 13.8. The second-order valence-electron chi connectivity index (χ2n) is 4.31. The largest absolute Gasteiger partial charge is 0.207 e. The van der Waals surface area contributed by atoms with E-state index in [0.717, 1.165) is 10.0 Å². The normalized spacial score (nSPS) is 12.4. The smallest absolute Gasteiger partial charge is 0.126 e. The van der Waals surface area contributed by atoms with Crippen molar-refractivity contribution in [3.63, 3.8) is 0 Å². The Morgan fingerprint density at radius 3 is 2.42 bits per heavy atom. The van der Waals surface area contributed by atoms with Crippen molar-refractivity contribution in [1.29, 1.82) is 0 Å². The summed E-state index contributed by atoms with van der Waals surface area (Å²) in [4.78, 5) is 0. The lowest BCUT2D eigenvalue weighted by atomic mass is 9.93. The fourth-order valence-corrected chi connectivity index (χ4v) is 3.10. The molecule has 100 valence electrons. The molecule has 0 amide bonds. The van der Waals surface area contributed by atoms with Crippen LogP contribution in [0.15, 0.2) is 46.9 Å². The van der Waals surface area contributed by atoms with E-state index in [0.29, 0.717) is 17.3 Å². The van der Waals surface area contributed by atoms with Gasteiger partial charge < -0.3 is 0 Å². The second-order valence-corrected chi connectivity index (χ2v) is 5.81. The maximum atomic E-state index is 13.8. The summed E-state index contributed by atoms with van der Waals surface area (Å²) in [5.74, 6) is -0.468. The summed E-state index contributed by atoms with van der Waals surface area (Å²) in [5.41, 5.74) is 1.64. The molecule has 1 atom stereocenters. The summed E-state index contributed by atoms with van der Waals surface area (Å²) < 4.78 is 27.6. The van der Waals surface area contributed by atoms with E-state index in [1.165, 1.54) is 18.2 Å². The Bertz CT molecular complexity index is 570. The summed E-state index contributed by atoms with van der Waals surface area (Å²) >= 11 is 6.77. The Morgan fingerprint density at radius 1 is 1.05 bits per heavy atom. The number of hydrogen-bond acceptors (Lipinski definition) is 0. The van der Waals surface area contributed by atoms with E-state index in [9.17, 15) is 8.78 Å². The van der Waals surface area contributed by atoms with Crippen molar-refractivity contribution >= 4 is 31.9 Å². The van der Waals surface area contributed by atoms with Crippen molar-refractivity contribution in [2.75, 3.05) is 5.33 Å². The molecule has 1 unspecified atom stereocenters. The molecule has 4 heteroatoms. The zero-order chi connectivity index (χ0) is 13.8. The molecular formula is C15H12Br2F2. The first kappa shape index (κ1) is 14.7. The number of rotatable bonds is 4. The lowest BCUT2D eigenvalue weighted by Crippen LogP contribution is -2.07. The highest BCUT2D eigenvalue weighted by molar-refractivity contribution is 9.10. The molecule has 2 aromatic carbocycles. The highest BCUT2D eigenvalue weighted by Gasteiger charge is 2.16. The van der Waals surface area contributed by atoms with Crippen LogP contribution in [0.3, 0.4) is 0 Å². The minimum absolute atomic E-state index is 0.0166. The Morgan fingerprint density at radius 2 is 1.79 bits per heavy atom. The molecule has 2 aromatic rings. The molecule has 0 radical (unpaired) electrons. The maximum Gasteiger partial charge on any atom is 0.126 e. The first-order valence-corrected chi connectivity index (χ1v) is 7.77. The molecule has 0 N–H and O–H groups in total. The van der Waals surface area contributed by atoms with Crippen LogP contribution in [0, 0.1) is 11.6 Å². The van der Waals surface area contributed by atoms with Crippen LogP contribution in [0.1, 0.15) is 17.0 Å². The van der Waals surface area contributed by atoms with Crippen LogP contribution in [0.5, 0.6) is 0 Å². The van der Waals surface area contributed by atoms with Crippen molar-refractivity contribution in [2.24, 2.45) is 0 Å². The van der Waals surface area contributed by atoms with Gasteiger partial charge in [-0.25, -0.2) is 8.78 Å². The Balaban J connectivity index is 2.27. The molecule has 0 aliphatic rings. The van der Waals surface area contributed by atoms with Gasteiger partial charge in [0, 0.05) is 15.7 Å². The molecule has 0 aliphatic carbocycles. The van der Waals surface area contributed by atoms with E-state index in [2.05, 4.69) is 31.9 Å². The molecule has 0 nitrogen and oxygen atoms in total. The Hall–Kier alpha value is -0.740. The van der Waals surface area contributed by atoms with Crippen LogP contribution in [-0.4, -0.2) is 5.33 Å². The predicted molar refractivity (Wildman–Crippen MR) is 80.7 cm³/mol. The van der Waals surface area contributed by atoms with Crippen LogP contribution < -0.4 is 0 Å². The fraction of sp³-hybridized carbons (Fsp3) is 0.200. The molecule has 0 heterocycles. The van der Waals surface area contributed by atoms with E-state index in [1.807, 2.05) is 6.07 Å². The molecule has 0 aliphatic heterocycles. The van der Waals surface area contributed by atoms with Crippen molar-refractivity contribution < 1.29 is 8.78 Å². The molecule has 0 bridgehead atoms. The number of alkyl halides is 1. The average molecular weight is 390 g/mol. The van der Waals surface area contributed by atoms with Crippen LogP contribution in [0.25, 0.3) is 0 Å². The zero-order valence-corrected chi connectivity index (χ0v) is 13.2. The van der Waals surface area contributed by atoms with Crippen molar-refractivity contribution in [3.05, 3.63) is 69.7 Å². The predicted octanol–water partition coefficient (Wildman–Crippen LogP) is 5.45. The third kappa shape index (κ3) is 3.63. The van der Waals surface area contributed by atoms with Gasteiger partial charge in [0.05, 0.1) is 0 Å². The summed E-state index contributed by atoms with van der Waals surface area (Å²) in [5, 5.41) is 0.651. The minimum Gasteiger partial charge on any atom is -0.207 e. The van der Waals surface area contributed by atoms with E-state index < -0.39 is 0 Å². The van der Waals surface area contributed by atoms with Gasteiger partial charge in [0.1, 0.15) is 11.6 Å². The highest BCUT2D eigenvalue weighted by atomic mass is 79.9. The first-order valence-electron chi connectivity index (χ1n) is 5.86. The average Bonchev–Trinajstić information content (AvgIpc) is 2.39. The summed E-state index contributed by atoms with van der Waals surface area (Å²) in [7, 11) is 0. The monoisotopic (exact) mass is 388 g/mol. The van der Waals surface area contributed by atoms with Crippen LogP contribution >= 0.6 is 31.9 Å². The molecule has 0 aromatic heterocycles. The number of benzene rings is 2. The SMILES string of the molecule is Fc1ccc(CC(CBr)c2ccccc2F)c(Br)c1. The molecule has 0 saturated carbocycles. The van der Waals surface area contributed by atoms with Gasteiger partial charge in [0.2, 0.25) is 0 Å². The first-order chi connectivity index (χ1) is 9.11. The van der Waals surface area contributed by atoms with Crippen LogP contribution in [0.4, 0.5) is 8.78 Å². The van der Waals surface area contributed by atoms with Gasteiger partial charge >= 0.3 is 0 Å². The standard InChI is InChI=1S/C15H12Br2F2/c16-9-11(13-3-1-2-4-15(13)19)7-10-5-6-12(18)8-14(10)17/h1-6,8,11H,7,9H2. The van der Waals surface area contributed by atoms with E-state index in [1.54, 1.807) is 18.2 Å². The molecule has 0 fully saturated rings. The lowest BCUT2D eigenvalue weighted by molar-refractivity contribution is 0.589. The Labute approximate surface area is 128 Å². The van der Waals surface area contributed by atoms with E-state index in [-0.39, 0.29) is 17.6 Å². The minimum atomic E-state index is -0.281. The van der Waals surface area contributed by atoms with Gasteiger partial charge in [-0.1, -0.05) is 56.1 Å². The quantitative estimate of drug-likeness (QED) is 0.610. The number of hydrogen-bond donors (Lipinski definition) is 0. The topological polar surface area (TPSA) is 0 Å². The van der Waals surface area contributed by atoms with Crippen molar-refractivity contribution in [3.8, 4) is 0 Å². The van der Waals surface area contributed by atoms with Gasteiger partial charge in [-0.05, 0) is 35.7 Å². The molecule has 19 heavy (non-hydrogen) atoms. The third-order valence-corrected chi connectivity index (χ3v) is 4.53.